The SMILES string of the molecule is CCCCCCCl.CNC. The Morgan fingerprint density at radius 3 is 1.90 bits per heavy atom. The number of rotatable bonds is 4. The summed E-state index contributed by atoms with van der Waals surface area (Å²) in [7, 11) is 3.75. The average molecular weight is 166 g/mol. The molecule has 0 aliphatic carbocycles. The van der Waals surface area contributed by atoms with Crippen LogP contribution in [-0.2, 0) is 0 Å². The Bertz CT molecular complexity index is 36.2. The van der Waals surface area contributed by atoms with Gasteiger partial charge in [0.15, 0.2) is 0 Å². The van der Waals surface area contributed by atoms with Crippen molar-refractivity contribution in [2.45, 2.75) is 32.6 Å². The molecule has 0 aromatic carbocycles. The van der Waals surface area contributed by atoms with Gasteiger partial charge in [-0.25, -0.2) is 0 Å². The maximum Gasteiger partial charge on any atom is 0.0223 e. The number of alkyl halides is 1. The first-order valence-electron chi connectivity index (χ1n) is 3.97. The summed E-state index contributed by atoms with van der Waals surface area (Å²) in [6.45, 7) is 2.20. The highest BCUT2D eigenvalue weighted by atomic mass is 35.5. The van der Waals surface area contributed by atoms with Crippen molar-refractivity contribution in [3.63, 3.8) is 0 Å². The van der Waals surface area contributed by atoms with Crippen LogP contribution in [-0.4, -0.2) is 20.0 Å². The van der Waals surface area contributed by atoms with Gasteiger partial charge >= 0.3 is 0 Å². The Balaban J connectivity index is 0. The third-order valence-electron chi connectivity index (χ3n) is 0.987. The van der Waals surface area contributed by atoms with Crippen molar-refractivity contribution in [3.05, 3.63) is 0 Å². The van der Waals surface area contributed by atoms with Crippen molar-refractivity contribution < 1.29 is 0 Å². The van der Waals surface area contributed by atoms with E-state index in [1.165, 1.54) is 25.7 Å². The van der Waals surface area contributed by atoms with Crippen LogP contribution in [0.1, 0.15) is 32.6 Å². The van der Waals surface area contributed by atoms with Crippen LogP contribution in [0, 0.1) is 0 Å². The van der Waals surface area contributed by atoms with Gasteiger partial charge in [0.2, 0.25) is 0 Å². The van der Waals surface area contributed by atoms with E-state index in [0.29, 0.717) is 0 Å². The lowest BCUT2D eigenvalue weighted by atomic mass is 10.2. The fourth-order valence-corrected chi connectivity index (χ4v) is 0.710. The Labute approximate surface area is 70.2 Å². The van der Waals surface area contributed by atoms with Crippen molar-refractivity contribution in [1.29, 1.82) is 0 Å². The van der Waals surface area contributed by atoms with Crippen molar-refractivity contribution in [1.82, 2.24) is 5.32 Å². The Hall–Kier alpha value is 0.250. The normalized spacial score (nSPS) is 8.40. The molecule has 0 aliphatic rings. The smallest absolute Gasteiger partial charge is 0.0223 e. The van der Waals surface area contributed by atoms with Crippen LogP contribution in [0.3, 0.4) is 0 Å². The van der Waals surface area contributed by atoms with Gasteiger partial charge in [-0.1, -0.05) is 26.2 Å². The number of hydrogen-bond acceptors (Lipinski definition) is 1. The zero-order chi connectivity index (χ0) is 8.24. The van der Waals surface area contributed by atoms with Gasteiger partial charge in [-0.2, -0.15) is 0 Å². The fraction of sp³-hybridized carbons (Fsp3) is 1.00. The molecule has 10 heavy (non-hydrogen) atoms. The molecule has 0 aliphatic heterocycles. The van der Waals surface area contributed by atoms with E-state index in [9.17, 15) is 0 Å². The summed E-state index contributed by atoms with van der Waals surface area (Å²) in [5.74, 6) is 0.833. The maximum absolute atomic E-state index is 5.44. The molecule has 0 saturated carbocycles. The van der Waals surface area contributed by atoms with E-state index in [-0.39, 0.29) is 0 Å². The fourth-order valence-electron chi connectivity index (χ4n) is 0.521. The van der Waals surface area contributed by atoms with Gasteiger partial charge in [0, 0.05) is 5.88 Å². The maximum atomic E-state index is 5.44. The summed E-state index contributed by atoms with van der Waals surface area (Å²) in [5, 5.41) is 2.75. The molecular weight excluding hydrogens is 146 g/mol. The van der Waals surface area contributed by atoms with E-state index in [0.717, 1.165) is 5.88 Å². The van der Waals surface area contributed by atoms with E-state index in [2.05, 4.69) is 12.2 Å². The molecule has 0 aromatic heterocycles. The predicted molar refractivity (Wildman–Crippen MR) is 49.8 cm³/mol. The summed E-state index contributed by atoms with van der Waals surface area (Å²) in [5.41, 5.74) is 0. The number of hydrogen-bond donors (Lipinski definition) is 1. The molecule has 0 saturated heterocycles. The molecule has 0 unspecified atom stereocenters. The average Bonchev–Trinajstić information content (AvgIpc) is 1.91. The van der Waals surface area contributed by atoms with E-state index in [1.807, 2.05) is 14.1 Å². The highest BCUT2D eigenvalue weighted by Crippen LogP contribution is 1.98. The largest absolute Gasteiger partial charge is 0.323 e. The molecule has 0 fully saturated rings. The number of nitrogens with one attached hydrogen (secondary N) is 1. The molecule has 64 valence electrons. The topological polar surface area (TPSA) is 12.0 Å². The Morgan fingerprint density at radius 2 is 1.60 bits per heavy atom. The second kappa shape index (κ2) is 16.1. The zero-order valence-electron chi connectivity index (χ0n) is 7.41. The minimum atomic E-state index is 0.833. The van der Waals surface area contributed by atoms with Crippen LogP contribution < -0.4 is 5.32 Å². The van der Waals surface area contributed by atoms with Crippen molar-refractivity contribution >= 4 is 11.6 Å². The van der Waals surface area contributed by atoms with E-state index < -0.39 is 0 Å². The van der Waals surface area contributed by atoms with E-state index in [1.54, 1.807) is 0 Å². The molecule has 0 bridgehead atoms. The van der Waals surface area contributed by atoms with Gasteiger partial charge in [0.1, 0.15) is 0 Å². The molecule has 0 radical (unpaired) electrons. The van der Waals surface area contributed by atoms with Crippen molar-refractivity contribution in [2.24, 2.45) is 0 Å². The van der Waals surface area contributed by atoms with Crippen LogP contribution in [0.25, 0.3) is 0 Å². The Kier molecular flexibility index (Phi) is 20.8. The van der Waals surface area contributed by atoms with Gasteiger partial charge < -0.3 is 5.32 Å². The summed E-state index contributed by atoms with van der Waals surface area (Å²) in [6.07, 6.45) is 5.14. The minimum Gasteiger partial charge on any atom is -0.323 e. The number of halogens is 1. The highest BCUT2D eigenvalue weighted by molar-refractivity contribution is 6.17. The lowest BCUT2D eigenvalue weighted by molar-refractivity contribution is 0.705. The van der Waals surface area contributed by atoms with Crippen molar-refractivity contribution in [2.75, 3.05) is 20.0 Å². The van der Waals surface area contributed by atoms with Crippen LogP contribution in [0.15, 0.2) is 0 Å². The van der Waals surface area contributed by atoms with E-state index >= 15 is 0 Å². The van der Waals surface area contributed by atoms with Gasteiger partial charge in [-0.05, 0) is 20.5 Å². The molecule has 1 N–H and O–H groups in total. The summed E-state index contributed by atoms with van der Waals surface area (Å²) in [4.78, 5) is 0. The first kappa shape index (κ1) is 12.9. The first-order valence-corrected chi connectivity index (χ1v) is 4.51. The van der Waals surface area contributed by atoms with Crippen LogP contribution in [0.5, 0.6) is 0 Å². The van der Waals surface area contributed by atoms with Crippen LogP contribution in [0.2, 0.25) is 0 Å². The summed E-state index contributed by atoms with van der Waals surface area (Å²) < 4.78 is 0. The molecule has 0 amide bonds. The Morgan fingerprint density at radius 1 is 1.10 bits per heavy atom. The summed E-state index contributed by atoms with van der Waals surface area (Å²) >= 11 is 5.44. The molecule has 1 nitrogen and oxygen atoms in total. The number of unbranched alkanes of at least 4 members (excludes halogenated alkanes) is 3. The quantitative estimate of drug-likeness (QED) is 0.499. The zero-order valence-corrected chi connectivity index (χ0v) is 8.17. The molecule has 0 atom stereocenters. The van der Waals surface area contributed by atoms with Gasteiger partial charge in [0.05, 0.1) is 0 Å². The monoisotopic (exact) mass is 165 g/mol. The van der Waals surface area contributed by atoms with Gasteiger partial charge in [-0.15, -0.1) is 11.6 Å². The van der Waals surface area contributed by atoms with Gasteiger partial charge in [-0.3, -0.25) is 0 Å². The van der Waals surface area contributed by atoms with Gasteiger partial charge in [0.25, 0.3) is 0 Å². The highest BCUT2D eigenvalue weighted by Gasteiger charge is 1.81. The molecule has 0 rings (SSSR count). The lowest BCUT2D eigenvalue weighted by Gasteiger charge is -1.89. The standard InChI is InChI=1S/C6H13Cl.C2H7N/c1-2-3-4-5-6-7;1-3-2/h2-6H2,1H3;3H,1-2H3. The third kappa shape index (κ3) is 24.0. The molecule has 0 aromatic rings. The molecule has 0 spiro atoms. The van der Waals surface area contributed by atoms with Crippen molar-refractivity contribution in [3.8, 4) is 0 Å². The third-order valence-corrected chi connectivity index (χ3v) is 1.25. The van der Waals surface area contributed by atoms with Crippen LogP contribution in [0.4, 0.5) is 0 Å². The second-order valence-electron chi connectivity index (χ2n) is 2.25. The minimum absolute atomic E-state index is 0.833. The van der Waals surface area contributed by atoms with E-state index in [4.69, 9.17) is 11.6 Å². The van der Waals surface area contributed by atoms with Crippen LogP contribution >= 0.6 is 11.6 Å². The molecule has 0 heterocycles. The molecule has 2 heteroatoms. The first-order chi connectivity index (χ1) is 4.83. The summed E-state index contributed by atoms with van der Waals surface area (Å²) in [6, 6.07) is 0. The molecular formula is C8H20ClN. The predicted octanol–water partition coefficient (Wildman–Crippen LogP) is 2.64. The lowest BCUT2D eigenvalue weighted by Crippen LogP contribution is -1.89. The second-order valence-corrected chi connectivity index (χ2v) is 2.63.